The molecule has 0 atom stereocenters. The van der Waals surface area contributed by atoms with Crippen molar-refractivity contribution in [1.82, 2.24) is 24.9 Å². The van der Waals surface area contributed by atoms with Gasteiger partial charge in [-0.15, -0.1) is 11.3 Å². The molecule has 5 rings (SSSR count). The Labute approximate surface area is 205 Å². The van der Waals surface area contributed by atoms with Crippen molar-refractivity contribution < 1.29 is 14.3 Å². The van der Waals surface area contributed by atoms with E-state index >= 15 is 0 Å². The molecule has 3 fully saturated rings. The van der Waals surface area contributed by atoms with E-state index in [4.69, 9.17) is 9.84 Å². The molecule has 2 saturated heterocycles. The number of thiophene rings is 1. The lowest BCUT2D eigenvalue weighted by Gasteiger charge is -2.37. The number of hydrogen-bond acceptors (Lipinski definition) is 6. The van der Waals surface area contributed by atoms with E-state index in [1.165, 1.54) is 0 Å². The Kier molecular flexibility index (Phi) is 7.22. The lowest BCUT2D eigenvalue weighted by atomic mass is 9.85. The third-order valence-corrected chi connectivity index (χ3v) is 8.97. The molecule has 0 unspecified atom stereocenters. The van der Waals surface area contributed by atoms with E-state index in [1.807, 2.05) is 17.9 Å². The van der Waals surface area contributed by atoms with Gasteiger partial charge in [-0.3, -0.25) is 19.2 Å². The van der Waals surface area contributed by atoms with Crippen LogP contribution in [0, 0.1) is 12.8 Å². The van der Waals surface area contributed by atoms with Crippen LogP contribution in [0.2, 0.25) is 0 Å². The normalized spacial score (nSPS) is 25.1. The number of aryl methyl sites for hydroxylation is 1. The van der Waals surface area contributed by atoms with Crippen molar-refractivity contribution in [2.24, 2.45) is 5.92 Å². The van der Waals surface area contributed by atoms with Gasteiger partial charge < -0.3 is 15.0 Å². The molecule has 1 aliphatic carbocycles. The number of nitrogens with one attached hydrogen (secondary N) is 1. The Morgan fingerprint density at radius 2 is 1.79 bits per heavy atom. The minimum atomic E-state index is 0.0583. The first-order valence-corrected chi connectivity index (χ1v) is 13.6. The summed E-state index contributed by atoms with van der Waals surface area (Å²) in [6.07, 6.45) is 6.36. The third-order valence-electron chi connectivity index (χ3n) is 7.84. The fraction of sp³-hybridized carbons (Fsp3) is 0.720. The molecule has 1 N–H and O–H groups in total. The lowest BCUT2D eigenvalue weighted by molar-refractivity contribution is -0.130. The summed E-state index contributed by atoms with van der Waals surface area (Å²) in [5, 5.41) is 9.19. The zero-order chi connectivity index (χ0) is 23.7. The van der Waals surface area contributed by atoms with E-state index in [0.29, 0.717) is 12.0 Å². The number of amides is 2. The minimum absolute atomic E-state index is 0.0583. The number of hydrogen-bond donors (Lipinski definition) is 1. The molecular formula is C25H37N5O3S. The monoisotopic (exact) mass is 487 g/mol. The van der Waals surface area contributed by atoms with Gasteiger partial charge in [0.1, 0.15) is 4.83 Å². The highest BCUT2D eigenvalue weighted by Gasteiger charge is 2.28. The number of ether oxygens (including phenoxy) is 1. The topological polar surface area (TPSA) is 79.7 Å². The van der Waals surface area contributed by atoms with Gasteiger partial charge in [0, 0.05) is 64.3 Å². The fourth-order valence-corrected chi connectivity index (χ4v) is 6.85. The van der Waals surface area contributed by atoms with Gasteiger partial charge in [0.2, 0.25) is 5.91 Å². The second-order valence-corrected chi connectivity index (χ2v) is 11.2. The van der Waals surface area contributed by atoms with Gasteiger partial charge in [0.25, 0.3) is 5.91 Å². The van der Waals surface area contributed by atoms with Crippen molar-refractivity contribution >= 4 is 33.4 Å². The summed E-state index contributed by atoms with van der Waals surface area (Å²) in [6.45, 7) is 10.0. The molecule has 0 spiro atoms. The smallest absolute Gasteiger partial charge is 0.261 e. The second-order valence-electron chi connectivity index (χ2n) is 10.2. The molecule has 1 saturated carbocycles. The summed E-state index contributed by atoms with van der Waals surface area (Å²) >= 11 is 1.57. The van der Waals surface area contributed by atoms with Gasteiger partial charge in [-0.25, -0.2) is 0 Å². The molecule has 186 valence electrons. The number of rotatable bonds is 5. The van der Waals surface area contributed by atoms with Crippen LogP contribution in [0.15, 0.2) is 6.07 Å². The summed E-state index contributed by atoms with van der Waals surface area (Å²) in [5.74, 6) is 0.933. The molecule has 0 bridgehead atoms. The highest BCUT2D eigenvalue weighted by Crippen LogP contribution is 2.33. The molecule has 9 heteroatoms. The number of aromatic nitrogens is 2. The van der Waals surface area contributed by atoms with Gasteiger partial charge in [-0.1, -0.05) is 0 Å². The predicted molar refractivity (Wildman–Crippen MR) is 133 cm³/mol. The Bertz CT molecular complexity index is 1010. The molecule has 4 heterocycles. The van der Waals surface area contributed by atoms with Crippen LogP contribution in [0.3, 0.4) is 0 Å². The maximum atomic E-state index is 13.1. The number of carbonyl (C=O) groups is 2. The zero-order valence-electron chi connectivity index (χ0n) is 20.4. The first kappa shape index (κ1) is 23.8. The molecule has 2 amide bonds. The van der Waals surface area contributed by atoms with Crippen molar-refractivity contribution in [3.05, 3.63) is 16.6 Å². The molecule has 2 aromatic heterocycles. The molecule has 34 heavy (non-hydrogen) atoms. The average molecular weight is 488 g/mol. The lowest BCUT2D eigenvalue weighted by Crippen LogP contribution is -2.49. The van der Waals surface area contributed by atoms with Gasteiger partial charge in [0.15, 0.2) is 0 Å². The van der Waals surface area contributed by atoms with Crippen molar-refractivity contribution in [3.63, 3.8) is 0 Å². The fourth-order valence-electron chi connectivity index (χ4n) is 5.72. The van der Waals surface area contributed by atoms with E-state index in [0.717, 1.165) is 105 Å². The summed E-state index contributed by atoms with van der Waals surface area (Å²) in [4.78, 5) is 31.0. The highest BCUT2D eigenvalue weighted by molar-refractivity contribution is 7.20. The average Bonchev–Trinajstić information content (AvgIpc) is 3.42. The van der Waals surface area contributed by atoms with Gasteiger partial charge in [-0.2, -0.15) is 5.10 Å². The summed E-state index contributed by atoms with van der Waals surface area (Å²) < 4.78 is 7.65. The van der Waals surface area contributed by atoms with E-state index in [-0.39, 0.29) is 17.9 Å². The van der Waals surface area contributed by atoms with E-state index in [9.17, 15) is 9.59 Å². The van der Waals surface area contributed by atoms with Crippen molar-refractivity contribution in [1.29, 1.82) is 0 Å². The van der Waals surface area contributed by atoms with Crippen LogP contribution in [-0.4, -0.2) is 83.4 Å². The van der Waals surface area contributed by atoms with Gasteiger partial charge in [0.05, 0.1) is 16.6 Å². The third kappa shape index (κ3) is 5.16. The minimum Gasteiger partial charge on any atom is -0.381 e. The van der Waals surface area contributed by atoms with Crippen molar-refractivity contribution in [2.75, 3.05) is 45.9 Å². The summed E-state index contributed by atoms with van der Waals surface area (Å²) in [7, 11) is 0. The molecule has 8 nitrogen and oxygen atoms in total. The Hall–Kier alpha value is -1.97. The Morgan fingerprint density at radius 3 is 2.47 bits per heavy atom. The van der Waals surface area contributed by atoms with E-state index in [1.54, 1.807) is 18.3 Å². The van der Waals surface area contributed by atoms with Gasteiger partial charge >= 0.3 is 0 Å². The van der Waals surface area contributed by atoms with Crippen LogP contribution < -0.4 is 5.32 Å². The summed E-state index contributed by atoms with van der Waals surface area (Å²) in [6, 6.07) is 2.65. The largest absolute Gasteiger partial charge is 0.381 e. The number of fused-ring (bicyclic) bond motifs is 1. The quantitative estimate of drug-likeness (QED) is 0.701. The molecule has 2 aromatic rings. The molecule has 0 radical (unpaired) electrons. The van der Waals surface area contributed by atoms with Crippen LogP contribution in [0.1, 0.15) is 66.9 Å². The number of piperazine rings is 1. The van der Waals surface area contributed by atoms with Crippen LogP contribution in [0.5, 0.6) is 0 Å². The second kappa shape index (κ2) is 10.3. The number of nitrogens with zero attached hydrogens (tertiary/aromatic N) is 4. The predicted octanol–water partition coefficient (Wildman–Crippen LogP) is 3.21. The molecule has 3 aliphatic rings. The van der Waals surface area contributed by atoms with Gasteiger partial charge in [-0.05, 0) is 57.4 Å². The standard InChI is InChI=1S/C25H37N5O3S/c1-17-22-15-23(34-25(22)30(27-17)21-7-13-33-14-8-21)24(32)26-20-5-3-19(4-6-20)16-28-9-11-29(12-10-28)18(2)31/h15,19-21H,3-14,16H2,1-2H3,(H,26,32)/t19-,20-. The number of carbonyl (C=O) groups excluding carboxylic acids is 2. The van der Waals surface area contributed by atoms with E-state index in [2.05, 4.69) is 14.9 Å². The van der Waals surface area contributed by atoms with Crippen LogP contribution in [0.4, 0.5) is 0 Å². The first-order valence-electron chi connectivity index (χ1n) is 12.8. The highest BCUT2D eigenvalue weighted by atomic mass is 32.1. The van der Waals surface area contributed by atoms with Crippen LogP contribution in [-0.2, 0) is 9.53 Å². The van der Waals surface area contributed by atoms with Crippen LogP contribution in [0.25, 0.3) is 10.2 Å². The van der Waals surface area contributed by atoms with Crippen molar-refractivity contribution in [2.45, 2.75) is 64.5 Å². The Morgan fingerprint density at radius 1 is 1.09 bits per heavy atom. The first-order chi connectivity index (χ1) is 16.5. The summed E-state index contributed by atoms with van der Waals surface area (Å²) in [5.41, 5.74) is 1.00. The molecule has 0 aromatic carbocycles. The van der Waals surface area contributed by atoms with E-state index < -0.39 is 0 Å². The molecular weight excluding hydrogens is 450 g/mol. The Balaban J connectivity index is 1.13. The molecule has 2 aliphatic heterocycles. The SMILES string of the molecule is CC(=O)N1CCN(C[C@H]2CC[C@H](NC(=O)c3cc4c(C)nn(C5CCOCC5)c4s3)CC2)CC1. The maximum absolute atomic E-state index is 13.1. The van der Waals surface area contributed by atoms with Crippen LogP contribution >= 0.6 is 11.3 Å². The van der Waals surface area contributed by atoms with Crippen molar-refractivity contribution in [3.8, 4) is 0 Å². The maximum Gasteiger partial charge on any atom is 0.261 e. The zero-order valence-corrected chi connectivity index (χ0v) is 21.2.